The summed E-state index contributed by atoms with van der Waals surface area (Å²) in [4.78, 5) is 2.43. The second-order valence-electron chi connectivity index (χ2n) is 7.80. The Bertz CT molecular complexity index is 494. The third kappa shape index (κ3) is 5.08. The number of likely N-dealkylation sites (tertiary alicyclic amines) is 1. The molecule has 1 fully saturated rings. The van der Waals surface area contributed by atoms with Crippen molar-refractivity contribution in [3.8, 4) is 6.07 Å². The molecule has 0 spiro atoms. The summed E-state index contributed by atoms with van der Waals surface area (Å²) in [5.41, 5.74) is 0.903. The summed E-state index contributed by atoms with van der Waals surface area (Å²) in [6.45, 7) is 6.93. The van der Waals surface area contributed by atoms with Crippen LogP contribution in [0.25, 0.3) is 0 Å². The normalized spacial score (nSPS) is 19.4. The number of piperidine rings is 1. The lowest BCUT2D eigenvalue weighted by Gasteiger charge is -2.32. The molecule has 0 aromatic heterocycles. The SMILES string of the molecule is CC(C)CC(C#N)(CCCC1CCN(C)CC1)c1ccccc1. The molecule has 2 rings (SSSR count). The highest BCUT2D eigenvalue weighted by molar-refractivity contribution is 5.32. The lowest BCUT2D eigenvalue weighted by molar-refractivity contribution is 0.206. The van der Waals surface area contributed by atoms with Crippen LogP contribution in [0.2, 0.25) is 0 Å². The van der Waals surface area contributed by atoms with Gasteiger partial charge in [-0.1, -0.05) is 57.0 Å². The van der Waals surface area contributed by atoms with Gasteiger partial charge in [-0.3, -0.25) is 0 Å². The van der Waals surface area contributed by atoms with E-state index in [-0.39, 0.29) is 5.41 Å². The Morgan fingerprint density at radius 2 is 1.87 bits per heavy atom. The molecule has 0 saturated carbocycles. The summed E-state index contributed by atoms with van der Waals surface area (Å²) >= 11 is 0. The zero-order valence-electron chi connectivity index (χ0n) is 15.1. The molecule has 1 atom stereocenters. The molecule has 2 nitrogen and oxygen atoms in total. The summed E-state index contributed by atoms with van der Waals surface area (Å²) in [5.74, 6) is 1.40. The van der Waals surface area contributed by atoms with Crippen molar-refractivity contribution in [2.75, 3.05) is 20.1 Å². The second-order valence-corrected chi connectivity index (χ2v) is 7.80. The molecular weight excluding hydrogens is 280 g/mol. The van der Waals surface area contributed by atoms with Crippen LogP contribution in [-0.4, -0.2) is 25.0 Å². The van der Waals surface area contributed by atoms with E-state index in [1.165, 1.54) is 44.3 Å². The number of benzene rings is 1. The molecule has 2 heteroatoms. The molecule has 23 heavy (non-hydrogen) atoms. The molecule has 0 amide bonds. The van der Waals surface area contributed by atoms with E-state index in [0.29, 0.717) is 5.92 Å². The van der Waals surface area contributed by atoms with Crippen molar-refractivity contribution in [1.82, 2.24) is 4.90 Å². The van der Waals surface area contributed by atoms with E-state index in [2.05, 4.69) is 56.1 Å². The first-order valence-electron chi connectivity index (χ1n) is 9.21. The minimum absolute atomic E-state index is 0.305. The number of hydrogen-bond acceptors (Lipinski definition) is 2. The van der Waals surface area contributed by atoms with Crippen LogP contribution in [0.4, 0.5) is 0 Å². The highest BCUT2D eigenvalue weighted by atomic mass is 15.1. The van der Waals surface area contributed by atoms with Crippen LogP contribution >= 0.6 is 0 Å². The van der Waals surface area contributed by atoms with E-state index < -0.39 is 0 Å². The number of nitrogens with zero attached hydrogens (tertiary/aromatic N) is 2. The van der Waals surface area contributed by atoms with Gasteiger partial charge in [0.25, 0.3) is 0 Å². The van der Waals surface area contributed by atoms with E-state index >= 15 is 0 Å². The first-order valence-corrected chi connectivity index (χ1v) is 9.21. The van der Waals surface area contributed by atoms with Crippen LogP contribution in [0.1, 0.15) is 57.9 Å². The van der Waals surface area contributed by atoms with Gasteiger partial charge in [0.1, 0.15) is 0 Å². The standard InChI is InChI=1S/C21H32N2/c1-18(2)16-21(17-22,20-9-5-4-6-10-20)13-7-8-19-11-14-23(3)15-12-19/h4-6,9-10,18-19H,7-8,11-16H2,1-3H3. The van der Waals surface area contributed by atoms with Crippen LogP contribution < -0.4 is 0 Å². The van der Waals surface area contributed by atoms with Crippen molar-refractivity contribution in [3.05, 3.63) is 35.9 Å². The summed E-state index contributed by atoms with van der Waals surface area (Å²) in [7, 11) is 2.22. The largest absolute Gasteiger partial charge is 0.306 e. The Labute approximate surface area is 142 Å². The van der Waals surface area contributed by atoms with Crippen LogP contribution in [0.3, 0.4) is 0 Å². The van der Waals surface area contributed by atoms with E-state index in [4.69, 9.17) is 0 Å². The molecular formula is C21H32N2. The van der Waals surface area contributed by atoms with Gasteiger partial charge < -0.3 is 4.90 Å². The minimum atomic E-state index is -0.305. The second kappa shape index (κ2) is 8.50. The fraction of sp³-hybridized carbons (Fsp3) is 0.667. The van der Waals surface area contributed by atoms with E-state index in [1.807, 2.05) is 6.07 Å². The molecule has 0 radical (unpaired) electrons. The van der Waals surface area contributed by atoms with Gasteiger partial charge >= 0.3 is 0 Å². The van der Waals surface area contributed by atoms with Gasteiger partial charge in [-0.2, -0.15) is 5.26 Å². The van der Waals surface area contributed by atoms with Crippen molar-refractivity contribution in [2.24, 2.45) is 11.8 Å². The Morgan fingerprint density at radius 3 is 2.43 bits per heavy atom. The lowest BCUT2D eigenvalue weighted by Crippen LogP contribution is -2.30. The molecule has 126 valence electrons. The predicted molar refractivity (Wildman–Crippen MR) is 97.3 cm³/mol. The van der Waals surface area contributed by atoms with Crippen molar-refractivity contribution in [3.63, 3.8) is 0 Å². The molecule has 0 N–H and O–H groups in total. The van der Waals surface area contributed by atoms with Gasteiger partial charge in [0.2, 0.25) is 0 Å². The lowest BCUT2D eigenvalue weighted by atomic mass is 9.71. The van der Waals surface area contributed by atoms with Gasteiger partial charge in [-0.05, 0) is 63.2 Å². The molecule has 1 unspecified atom stereocenters. The van der Waals surface area contributed by atoms with Gasteiger partial charge in [0.15, 0.2) is 0 Å². The van der Waals surface area contributed by atoms with Crippen molar-refractivity contribution < 1.29 is 0 Å². The number of nitriles is 1. The Hall–Kier alpha value is -1.33. The number of rotatable bonds is 7. The maximum Gasteiger partial charge on any atom is 0.0824 e. The molecule has 1 aromatic carbocycles. The molecule has 0 aliphatic carbocycles. The van der Waals surface area contributed by atoms with Crippen molar-refractivity contribution in [1.29, 1.82) is 5.26 Å². The van der Waals surface area contributed by atoms with Gasteiger partial charge in [-0.25, -0.2) is 0 Å². The maximum absolute atomic E-state index is 9.99. The van der Waals surface area contributed by atoms with Crippen LogP contribution in [-0.2, 0) is 5.41 Å². The maximum atomic E-state index is 9.99. The highest BCUT2D eigenvalue weighted by Gasteiger charge is 2.33. The van der Waals surface area contributed by atoms with E-state index in [9.17, 15) is 5.26 Å². The van der Waals surface area contributed by atoms with E-state index in [0.717, 1.165) is 18.8 Å². The average Bonchev–Trinajstić information content (AvgIpc) is 2.56. The van der Waals surface area contributed by atoms with Crippen LogP contribution in [0.15, 0.2) is 30.3 Å². The van der Waals surface area contributed by atoms with Gasteiger partial charge in [0.05, 0.1) is 11.5 Å². The predicted octanol–water partition coefficient (Wildman–Crippen LogP) is 5.01. The summed E-state index contributed by atoms with van der Waals surface area (Å²) in [5, 5.41) is 9.99. The van der Waals surface area contributed by atoms with E-state index in [1.54, 1.807) is 0 Å². The zero-order valence-corrected chi connectivity index (χ0v) is 15.1. The van der Waals surface area contributed by atoms with Crippen molar-refractivity contribution in [2.45, 2.75) is 57.8 Å². The Balaban J connectivity index is 1.99. The highest BCUT2D eigenvalue weighted by Crippen LogP contribution is 2.37. The number of hydrogen-bond donors (Lipinski definition) is 0. The summed E-state index contributed by atoms with van der Waals surface area (Å²) in [6, 6.07) is 13.2. The van der Waals surface area contributed by atoms with Crippen molar-refractivity contribution >= 4 is 0 Å². The Morgan fingerprint density at radius 1 is 1.22 bits per heavy atom. The van der Waals surface area contributed by atoms with Gasteiger partial charge in [0, 0.05) is 0 Å². The molecule has 1 heterocycles. The fourth-order valence-corrected chi connectivity index (χ4v) is 4.03. The molecule has 1 saturated heterocycles. The summed E-state index contributed by atoms with van der Waals surface area (Å²) < 4.78 is 0. The average molecular weight is 313 g/mol. The molecule has 1 aromatic rings. The summed E-state index contributed by atoms with van der Waals surface area (Å²) in [6.07, 6.45) is 7.06. The first kappa shape index (κ1) is 18.0. The smallest absolute Gasteiger partial charge is 0.0824 e. The molecule has 1 aliphatic rings. The quantitative estimate of drug-likeness (QED) is 0.708. The molecule has 0 bridgehead atoms. The van der Waals surface area contributed by atoms with Crippen LogP contribution in [0, 0.1) is 23.2 Å². The zero-order chi connectivity index (χ0) is 16.7. The monoisotopic (exact) mass is 312 g/mol. The third-order valence-corrected chi connectivity index (χ3v) is 5.35. The van der Waals surface area contributed by atoms with Gasteiger partial charge in [-0.15, -0.1) is 0 Å². The van der Waals surface area contributed by atoms with Crippen LogP contribution in [0.5, 0.6) is 0 Å². The minimum Gasteiger partial charge on any atom is -0.306 e. The third-order valence-electron chi connectivity index (χ3n) is 5.35. The topological polar surface area (TPSA) is 27.0 Å². The first-order chi connectivity index (χ1) is 11.1. The fourth-order valence-electron chi connectivity index (χ4n) is 4.03. The Kier molecular flexibility index (Phi) is 6.66. The molecule has 1 aliphatic heterocycles.